The van der Waals surface area contributed by atoms with Gasteiger partial charge in [0.2, 0.25) is 0 Å². The van der Waals surface area contributed by atoms with Crippen LogP contribution in [0.5, 0.6) is 0 Å². The van der Waals surface area contributed by atoms with E-state index < -0.39 is 0 Å². The molecule has 0 aliphatic heterocycles. The highest BCUT2D eigenvalue weighted by Crippen LogP contribution is 2.25. The number of ether oxygens (including phenoxy) is 2. The van der Waals surface area contributed by atoms with E-state index in [0.29, 0.717) is 26.7 Å². The van der Waals surface area contributed by atoms with Crippen LogP contribution in [-0.4, -0.2) is 22.7 Å². The van der Waals surface area contributed by atoms with Crippen LogP contribution in [0, 0.1) is 6.92 Å². The minimum atomic E-state index is 0.550. The molecule has 4 rings (SSSR count). The van der Waals surface area contributed by atoms with E-state index in [1.807, 2.05) is 36.4 Å². The Morgan fingerprint density at radius 1 is 0.812 bits per heavy atom. The monoisotopic (exact) mass is 446 g/mol. The molecule has 0 aliphatic carbocycles. The first kappa shape index (κ1) is 22.6. The minimum Gasteiger partial charge on any atom is -0.361 e. The normalized spacial score (nSPS) is 11.5. The maximum absolute atomic E-state index is 5.94. The molecule has 0 atom stereocenters. The summed E-state index contributed by atoms with van der Waals surface area (Å²) >= 11 is 1.77. The van der Waals surface area contributed by atoms with Crippen molar-refractivity contribution in [3.63, 3.8) is 0 Å². The van der Waals surface area contributed by atoms with Gasteiger partial charge < -0.3 is 14.0 Å². The Labute approximate surface area is 194 Å². The van der Waals surface area contributed by atoms with E-state index in [1.54, 1.807) is 11.9 Å². The molecule has 0 saturated heterocycles. The molecule has 4 nitrogen and oxygen atoms in total. The molecular formula is C27H30N2O2S. The van der Waals surface area contributed by atoms with Gasteiger partial charge in [-0.25, -0.2) is 4.31 Å². The van der Waals surface area contributed by atoms with Crippen molar-refractivity contribution in [1.29, 1.82) is 0 Å². The van der Waals surface area contributed by atoms with Crippen LogP contribution in [-0.2, 0) is 35.2 Å². The molecule has 0 bridgehead atoms. The zero-order valence-electron chi connectivity index (χ0n) is 18.7. The van der Waals surface area contributed by atoms with Crippen LogP contribution in [0.25, 0.3) is 10.9 Å². The average Bonchev–Trinajstić information content (AvgIpc) is 3.14. The van der Waals surface area contributed by atoms with Crippen molar-refractivity contribution >= 4 is 22.9 Å². The summed E-state index contributed by atoms with van der Waals surface area (Å²) in [5, 5.41) is 1.29. The van der Waals surface area contributed by atoms with Gasteiger partial charge in [-0.05, 0) is 48.4 Å². The summed E-state index contributed by atoms with van der Waals surface area (Å²) in [5.74, 6) is 0.913. The molecule has 0 unspecified atom stereocenters. The second-order valence-electron chi connectivity index (χ2n) is 7.96. The lowest BCUT2D eigenvalue weighted by molar-refractivity contribution is 0.0667. The quantitative estimate of drug-likeness (QED) is 0.197. The molecule has 0 saturated carbocycles. The van der Waals surface area contributed by atoms with Gasteiger partial charge >= 0.3 is 0 Å². The molecule has 0 aliphatic rings. The molecule has 0 radical (unpaired) electrons. The minimum absolute atomic E-state index is 0.550. The predicted octanol–water partition coefficient (Wildman–Crippen LogP) is 6.38. The predicted molar refractivity (Wildman–Crippen MR) is 133 cm³/mol. The van der Waals surface area contributed by atoms with Crippen LogP contribution < -0.4 is 0 Å². The van der Waals surface area contributed by atoms with Gasteiger partial charge in [0.25, 0.3) is 0 Å². The Balaban J connectivity index is 1.28. The van der Waals surface area contributed by atoms with Gasteiger partial charge in [-0.15, -0.1) is 0 Å². The Morgan fingerprint density at radius 2 is 1.47 bits per heavy atom. The average molecular weight is 447 g/mol. The molecule has 166 valence electrons. The van der Waals surface area contributed by atoms with Crippen LogP contribution >= 0.6 is 11.9 Å². The summed E-state index contributed by atoms with van der Waals surface area (Å²) in [7, 11) is 2.07. The fourth-order valence-electron chi connectivity index (χ4n) is 3.64. The summed E-state index contributed by atoms with van der Waals surface area (Å²) in [6.45, 7) is 4.56. The molecule has 1 aromatic heterocycles. The first-order valence-electron chi connectivity index (χ1n) is 10.8. The third-order valence-electron chi connectivity index (χ3n) is 5.32. The third-order valence-corrected chi connectivity index (χ3v) is 6.33. The fourth-order valence-corrected chi connectivity index (χ4v) is 4.34. The first-order valence-corrected chi connectivity index (χ1v) is 11.8. The van der Waals surface area contributed by atoms with Crippen molar-refractivity contribution in [2.24, 2.45) is 0 Å². The number of aryl methyl sites for hydroxylation is 1. The second-order valence-corrected chi connectivity index (χ2v) is 9.13. The summed E-state index contributed by atoms with van der Waals surface area (Å²) in [4.78, 5) is 0. The number of benzene rings is 3. The van der Waals surface area contributed by atoms with Crippen LogP contribution in [0.3, 0.4) is 0 Å². The topological polar surface area (TPSA) is 26.6 Å². The number of hydrogen-bond acceptors (Lipinski definition) is 4. The van der Waals surface area contributed by atoms with Crippen LogP contribution in [0.15, 0.2) is 85.1 Å². The van der Waals surface area contributed by atoms with E-state index in [1.165, 1.54) is 33.2 Å². The standard InChI is InChI=1S/C27H30N2O2S/c1-22-16-29(21-31-18-24-11-7-4-8-12-24)27-14-13-25(15-26(22)27)19-32-28(2)20-30-17-23-9-5-3-6-10-23/h3-16H,17-21H2,1-2H3. The number of rotatable bonds is 11. The van der Waals surface area contributed by atoms with Crippen LogP contribution in [0.2, 0.25) is 0 Å². The summed E-state index contributed by atoms with van der Waals surface area (Å²) < 4.78 is 16.1. The number of nitrogens with zero attached hydrogens (tertiary/aromatic N) is 2. The maximum Gasteiger partial charge on any atom is 0.123 e. The molecule has 0 spiro atoms. The molecule has 1 heterocycles. The molecule has 0 N–H and O–H groups in total. The van der Waals surface area contributed by atoms with Gasteiger partial charge in [-0.1, -0.05) is 78.7 Å². The lowest BCUT2D eigenvalue weighted by Gasteiger charge is -2.16. The van der Waals surface area contributed by atoms with Crippen molar-refractivity contribution < 1.29 is 9.47 Å². The van der Waals surface area contributed by atoms with Crippen molar-refractivity contribution in [3.05, 3.63) is 107 Å². The van der Waals surface area contributed by atoms with Gasteiger partial charge in [0, 0.05) is 17.3 Å². The SMILES string of the molecule is Cc1cn(COCc2ccccc2)c2ccc(CSN(C)COCc3ccccc3)cc12. The van der Waals surface area contributed by atoms with E-state index in [-0.39, 0.29) is 0 Å². The molecule has 4 aromatic rings. The van der Waals surface area contributed by atoms with Crippen molar-refractivity contribution in [3.8, 4) is 0 Å². The third kappa shape index (κ3) is 6.24. The van der Waals surface area contributed by atoms with Crippen molar-refractivity contribution in [2.45, 2.75) is 32.6 Å². The van der Waals surface area contributed by atoms with Gasteiger partial charge in [0.15, 0.2) is 0 Å². The summed E-state index contributed by atoms with van der Waals surface area (Å²) in [6, 6.07) is 27.3. The molecular weight excluding hydrogens is 416 g/mol. The van der Waals surface area contributed by atoms with E-state index in [0.717, 1.165) is 5.75 Å². The fraction of sp³-hybridized carbons (Fsp3) is 0.259. The summed E-state index contributed by atoms with van der Waals surface area (Å²) in [5.41, 5.74) is 6.18. The van der Waals surface area contributed by atoms with Gasteiger partial charge in [-0.2, -0.15) is 0 Å². The van der Waals surface area contributed by atoms with E-state index in [4.69, 9.17) is 9.47 Å². The number of fused-ring (bicyclic) bond motifs is 1. The van der Waals surface area contributed by atoms with E-state index in [9.17, 15) is 0 Å². The Hall–Kier alpha value is -2.57. The smallest absolute Gasteiger partial charge is 0.123 e. The molecule has 32 heavy (non-hydrogen) atoms. The highest BCUT2D eigenvalue weighted by Gasteiger charge is 2.08. The maximum atomic E-state index is 5.94. The van der Waals surface area contributed by atoms with Gasteiger partial charge in [0.1, 0.15) is 13.5 Å². The molecule has 3 aromatic carbocycles. The zero-order valence-corrected chi connectivity index (χ0v) is 19.6. The Bertz CT molecular complexity index is 1110. The van der Waals surface area contributed by atoms with Gasteiger partial charge in [-0.3, -0.25) is 0 Å². The molecule has 0 amide bonds. The highest BCUT2D eigenvalue weighted by atomic mass is 32.2. The van der Waals surface area contributed by atoms with Crippen LogP contribution in [0.1, 0.15) is 22.3 Å². The number of hydrogen-bond donors (Lipinski definition) is 0. The lowest BCUT2D eigenvalue weighted by Crippen LogP contribution is -2.14. The second kappa shape index (κ2) is 11.3. The van der Waals surface area contributed by atoms with Gasteiger partial charge in [0.05, 0.1) is 18.7 Å². The zero-order chi connectivity index (χ0) is 22.2. The van der Waals surface area contributed by atoms with E-state index in [2.05, 4.69) is 71.5 Å². The van der Waals surface area contributed by atoms with Crippen molar-refractivity contribution in [1.82, 2.24) is 8.87 Å². The first-order chi connectivity index (χ1) is 15.7. The Kier molecular flexibility index (Phi) is 8.02. The van der Waals surface area contributed by atoms with E-state index >= 15 is 0 Å². The lowest BCUT2D eigenvalue weighted by atomic mass is 10.1. The molecule has 0 fully saturated rings. The van der Waals surface area contributed by atoms with Crippen molar-refractivity contribution in [2.75, 3.05) is 13.8 Å². The highest BCUT2D eigenvalue weighted by molar-refractivity contribution is 7.96. The molecule has 5 heteroatoms. The Morgan fingerprint density at radius 3 is 2.16 bits per heavy atom. The van der Waals surface area contributed by atoms with Crippen LogP contribution in [0.4, 0.5) is 0 Å². The summed E-state index contributed by atoms with van der Waals surface area (Å²) in [6.07, 6.45) is 2.18. The number of aromatic nitrogens is 1. The largest absolute Gasteiger partial charge is 0.361 e.